The molecule has 0 spiro atoms. The van der Waals surface area contributed by atoms with E-state index in [9.17, 15) is 0 Å². The Labute approximate surface area is 94.2 Å². The second kappa shape index (κ2) is 4.85. The van der Waals surface area contributed by atoms with Crippen LogP contribution in [0.15, 0.2) is 18.6 Å². The normalized spacial score (nSPS) is 10.6. The lowest BCUT2D eigenvalue weighted by molar-refractivity contribution is 0.794. The number of hydrogen-bond acceptors (Lipinski definition) is 4. The SMILES string of the molecule is Cc1nccnc1-c1cnc(CCCN)[nH]1. The van der Waals surface area contributed by atoms with Gasteiger partial charge in [-0.15, -0.1) is 0 Å². The Morgan fingerprint density at radius 3 is 2.81 bits per heavy atom. The van der Waals surface area contributed by atoms with E-state index >= 15 is 0 Å². The number of aryl methyl sites for hydroxylation is 2. The number of nitrogens with one attached hydrogen (secondary N) is 1. The molecule has 5 heteroatoms. The van der Waals surface area contributed by atoms with E-state index in [-0.39, 0.29) is 0 Å². The second-order valence-corrected chi connectivity index (χ2v) is 3.63. The van der Waals surface area contributed by atoms with E-state index in [1.54, 1.807) is 18.6 Å². The zero-order valence-corrected chi connectivity index (χ0v) is 9.27. The van der Waals surface area contributed by atoms with Crippen LogP contribution in [0.5, 0.6) is 0 Å². The lowest BCUT2D eigenvalue weighted by Gasteiger charge is -1.99. The van der Waals surface area contributed by atoms with Crippen molar-refractivity contribution in [1.29, 1.82) is 0 Å². The Balaban J connectivity index is 2.22. The molecule has 0 aliphatic carbocycles. The Morgan fingerprint density at radius 2 is 2.06 bits per heavy atom. The predicted molar refractivity (Wildman–Crippen MR) is 61.7 cm³/mol. The first-order chi connectivity index (χ1) is 7.81. The first kappa shape index (κ1) is 10.8. The fourth-order valence-corrected chi connectivity index (χ4v) is 1.55. The van der Waals surface area contributed by atoms with Gasteiger partial charge in [0.25, 0.3) is 0 Å². The Morgan fingerprint density at radius 1 is 1.25 bits per heavy atom. The van der Waals surface area contributed by atoms with Gasteiger partial charge in [-0.2, -0.15) is 0 Å². The highest BCUT2D eigenvalue weighted by Gasteiger charge is 2.07. The van der Waals surface area contributed by atoms with Crippen molar-refractivity contribution >= 4 is 0 Å². The van der Waals surface area contributed by atoms with Gasteiger partial charge < -0.3 is 10.7 Å². The molecule has 0 radical (unpaired) electrons. The van der Waals surface area contributed by atoms with Gasteiger partial charge in [-0.1, -0.05) is 0 Å². The predicted octanol–water partition coefficient (Wildman–Crippen LogP) is 1.07. The minimum atomic E-state index is 0.681. The second-order valence-electron chi connectivity index (χ2n) is 3.63. The van der Waals surface area contributed by atoms with E-state index in [1.807, 2.05) is 6.92 Å². The van der Waals surface area contributed by atoms with Crippen LogP contribution in [0.4, 0.5) is 0 Å². The van der Waals surface area contributed by atoms with Crippen LogP contribution in [0, 0.1) is 6.92 Å². The third kappa shape index (κ3) is 2.25. The Kier molecular flexibility index (Phi) is 3.26. The van der Waals surface area contributed by atoms with Gasteiger partial charge in [0.2, 0.25) is 0 Å². The molecule has 0 saturated carbocycles. The first-order valence-electron chi connectivity index (χ1n) is 5.33. The lowest BCUT2D eigenvalue weighted by atomic mass is 10.2. The molecule has 0 fully saturated rings. The third-order valence-corrected chi connectivity index (χ3v) is 2.38. The molecule has 3 N–H and O–H groups in total. The number of nitrogens with two attached hydrogens (primary N) is 1. The van der Waals surface area contributed by atoms with Crippen LogP contribution in [0.25, 0.3) is 11.4 Å². The third-order valence-electron chi connectivity index (χ3n) is 2.38. The van der Waals surface area contributed by atoms with Crippen molar-refractivity contribution < 1.29 is 0 Å². The molecule has 16 heavy (non-hydrogen) atoms. The highest BCUT2D eigenvalue weighted by atomic mass is 14.9. The van der Waals surface area contributed by atoms with Crippen LogP contribution in [0.1, 0.15) is 17.9 Å². The van der Waals surface area contributed by atoms with Crippen molar-refractivity contribution in [2.75, 3.05) is 6.54 Å². The van der Waals surface area contributed by atoms with Gasteiger partial charge >= 0.3 is 0 Å². The molecule has 2 aromatic heterocycles. The summed E-state index contributed by atoms with van der Waals surface area (Å²) >= 11 is 0. The van der Waals surface area contributed by atoms with Crippen molar-refractivity contribution in [3.63, 3.8) is 0 Å². The maximum atomic E-state index is 5.45. The molecule has 5 nitrogen and oxygen atoms in total. The number of aromatic amines is 1. The summed E-state index contributed by atoms with van der Waals surface area (Å²) in [6.45, 7) is 2.61. The Bertz CT molecular complexity index is 463. The highest BCUT2D eigenvalue weighted by Crippen LogP contribution is 2.16. The molecule has 2 aromatic rings. The van der Waals surface area contributed by atoms with Crippen LogP contribution in [-0.4, -0.2) is 26.5 Å². The largest absolute Gasteiger partial charge is 0.341 e. The fraction of sp³-hybridized carbons (Fsp3) is 0.364. The number of hydrogen-bond donors (Lipinski definition) is 2. The summed E-state index contributed by atoms with van der Waals surface area (Å²) in [5.41, 5.74) is 8.12. The molecule has 0 amide bonds. The molecule has 0 aliphatic heterocycles. The fourth-order valence-electron chi connectivity index (χ4n) is 1.55. The smallest absolute Gasteiger partial charge is 0.109 e. The number of rotatable bonds is 4. The summed E-state index contributed by atoms with van der Waals surface area (Å²) in [6, 6.07) is 0. The monoisotopic (exact) mass is 217 g/mol. The molecule has 2 heterocycles. The van der Waals surface area contributed by atoms with E-state index < -0.39 is 0 Å². The molecule has 0 aliphatic rings. The Hall–Kier alpha value is -1.75. The standard InChI is InChI=1S/C11H15N5/c1-8-11(14-6-5-13-8)9-7-15-10(16-9)3-2-4-12/h5-7H,2-4,12H2,1H3,(H,15,16). The highest BCUT2D eigenvalue weighted by molar-refractivity contribution is 5.55. The molecule has 0 bridgehead atoms. The number of nitrogens with zero attached hydrogens (tertiary/aromatic N) is 3. The molecule has 2 rings (SSSR count). The summed E-state index contributed by atoms with van der Waals surface area (Å²) in [4.78, 5) is 16.0. The minimum absolute atomic E-state index is 0.681. The number of H-pyrrole nitrogens is 1. The molecular weight excluding hydrogens is 202 g/mol. The average molecular weight is 217 g/mol. The van der Waals surface area contributed by atoms with Crippen LogP contribution < -0.4 is 5.73 Å². The summed E-state index contributed by atoms with van der Waals surface area (Å²) in [5, 5.41) is 0. The summed E-state index contributed by atoms with van der Waals surface area (Å²) in [7, 11) is 0. The molecule has 0 atom stereocenters. The molecule has 0 aromatic carbocycles. The van der Waals surface area contributed by atoms with Gasteiger partial charge in [0.1, 0.15) is 11.5 Å². The molecular formula is C11H15N5. The lowest BCUT2D eigenvalue weighted by Crippen LogP contribution is -2.01. The maximum absolute atomic E-state index is 5.45. The quantitative estimate of drug-likeness (QED) is 0.802. The summed E-state index contributed by atoms with van der Waals surface area (Å²) in [6.07, 6.45) is 6.97. The van der Waals surface area contributed by atoms with Gasteiger partial charge in [-0.05, 0) is 19.9 Å². The van der Waals surface area contributed by atoms with Crippen molar-refractivity contribution in [2.45, 2.75) is 19.8 Å². The van der Waals surface area contributed by atoms with Gasteiger partial charge in [-0.25, -0.2) is 4.98 Å². The number of aromatic nitrogens is 4. The van der Waals surface area contributed by atoms with Crippen LogP contribution in [0.2, 0.25) is 0 Å². The summed E-state index contributed by atoms with van der Waals surface area (Å²) in [5.74, 6) is 0.950. The molecule has 84 valence electrons. The zero-order chi connectivity index (χ0) is 11.4. The maximum Gasteiger partial charge on any atom is 0.109 e. The van der Waals surface area contributed by atoms with Gasteiger partial charge in [-0.3, -0.25) is 9.97 Å². The topological polar surface area (TPSA) is 80.5 Å². The van der Waals surface area contributed by atoms with Crippen LogP contribution >= 0.6 is 0 Å². The van der Waals surface area contributed by atoms with Crippen molar-refractivity contribution in [3.8, 4) is 11.4 Å². The van der Waals surface area contributed by atoms with Crippen molar-refractivity contribution in [1.82, 2.24) is 19.9 Å². The van der Waals surface area contributed by atoms with Crippen LogP contribution in [-0.2, 0) is 6.42 Å². The van der Waals surface area contributed by atoms with Gasteiger partial charge in [0.05, 0.1) is 17.6 Å². The average Bonchev–Trinajstić information content (AvgIpc) is 2.75. The van der Waals surface area contributed by atoms with Gasteiger partial charge in [0, 0.05) is 18.8 Å². The number of imidazole rings is 1. The van der Waals surface area contributed by atoms with E-state index in [0.717, 1.165) is 35.7 Å². The van der Waals surface area contributed by atoms with E-state index in [2.05, 4.69) is 19.9 Å². The summed E-state index contributed by atoms with van der Waals surface area (Å²) < 4.78 is 0. The first-order valence-corrected chi connectivity index (χ1v) is 5.33. The van der Waals surface area contributed by atoms with Crippen LogP contribution in [0.3, 0.4) is 0 Å². The van der Waals surface area contributed by atoms with Crippen molar-refractivity contribution in [3.05, 3.63) is 30.1 Å². The zero-order valence-electron chi connectivity index (χ0n) is 9.27. The van der Waals surface area contributed by atoms with E-state index in [1.165, 1.54) is 0 Å². The van der Waals surface area contributed by atoms with E-state index in [0.29, 0.717) is 6.54 Å². The van der Waals surface area contributed by atoms with Crippen molar-refractivity contribution in [2.24, 2.45) is 5.73 Å². The molecule has 0 saturated heterocycles. The van der Waals surface area contributed by atoms with Gasteiger partial charge in [0.15, 0.2) is 0 Å². The molecule has 0 unspecified atom stereocenters. The minimum Gasteiger partial charge on any atom is -0.341 e. The van der Waals surface area contributed by atoms with E-state index in [4.69, 9.17) is 5.73 Å².